The number of hydrogen-bond acceptors (Lipinski definition) is 0. The maximum atomic E-state index is 4.28. The summed E-state index contributed by atoms with van der Waals surface area (Å²) < 4.78 is 0. The van der Waals surface area contributed by atoms with Gasteiger partial charge in [-0.3, -0.25) is 0 Å². The Kier molecular flexibility index (Phi) is 1.38. The molecule has 0 heteroatoms. The monoisotopic (exact) mass is 205 g/mol. The van der Waals surface area contributed by atoms with Crippen LogP contribution in [-0.4, -0.2) is 0 Å². The molecule has 16 heavy (non-hydrogen) atoms. The lowest BCUT2D eigenvalue weighted by molar-refractivity contribution is 0.814. The smallest absolute Gasteiger partial charge is 0.0246 e. The van der Waals surface area contributed by atoms with Gasteiger partial charge in [-0.1, -0.05) is 48.5 Å². The van der Waals surface area contributed by atoms with Crippen LogP contribution in [0.4, 0.5) is 0 Å². The van der Waals surface area contributed by atoms with Gasteiger partial charge in [-0.25, -0.2) is 0 Å². The summed E-state index contributed by atoms with van der Waals surface area (Å²) in [5.74, 6) is 0.553. The maximum Gasteiger partial charge on any atom is 0.0246 e. The Morgan fingerprint density at radius 3 is 1.75 bits per heavy atom. The number of rotatable bonds is 0. The number of benzene rings is 2. The molecule has 0 amide bonds. The highest BCUT2D eigenvalue weighted by molar-refractivity contribution is 5.83. The van der Waals surface area contributed by atoms with Crippen LogP contribution in [0, 0.1) is 12.8 Å². The number of hydrogen-bond donors (Lipinski definition) is 0. The van der Waals surface area contributed by atoms with Gasteiger partial charge in [0, 0.05) is 5.41 Å². The highest BCUT2D eigenvalue weighted by Gasteiger charge is 2.58. The predicted molar refractivity (Wildman–Crippen MR) is 66.1 cm³/mol. The van der Waals surface area contributed by atoms with Crippen molar-refractivity contribution in [1.29, 1.82) is 0 Å². The van der Waals surface area contributed by atoms with E-state index in [-0.39, 0.29) is 5.41 Å². The molecule has 0 nitrogen and oxygen atoms in total. The summed E-state index contributed by atoms with van der Waals surface area (Å²) in [7, 11) is 0. The SMILES string of the molecule is [CH2]C1CC12c1ccccc1-c1ccccc12. The third-order valence-electron chi connectivity index (χ3n) is 4.21. The molecule has 1 saturated carbocycles. The van der Waals surface area contributed by atoms with Gasteiger partial charge in [0.25, 0.3) is 0 Å². The fourth-order valence-corrected chi connectivity index (χ4v) is 3.35. The van der Waals surface area contributed by atoms with Crippen molar-refractivity contribution in [1.82, 2.24) is 0 Å². The molecule has 2 aliphatic rings. The van der Waals surface area contributed by atoms with E-state index < -0.39 is 0 Å². The molecule has 1 atom stereocenters. The quantitative estimate of drug-likeness (QED) is 0.613. The summed E-state index contributed by atoms with van der Waals surface area (Å²) >= 11 is 0. The zero-order chi connectivity index (χ0) is 10.8. The minimum atomic E-state index is 0.257. The molecule has 1 radical (unpaired) electrons. The van der Waals surface area contributed by atoms with Gasteiger partial charge in [-0.15, -0.1) is 0 Å². The Labute approximate surface area is 95.9 Å². The van der Waals surface area contributed by atoms with Crippen molar-refractivity contribution in [2.45, 2.75) is 11.8 Å². The Morgan fingerprint density at radius 1 is 0.875 bits per heavy atom. The lowest BCUT2D eigenvalue weighted by atomic mass is 9.91. The molecule has 1 fully saturated rings. The molecule has 1 spiro atoms. The minimum absolute atomic E-state index is 0.257. The van der Waals surface area contributed by atoms with E-state index in [1.807, 2.05) is 0 Å². The second kappa shape index (κ2) is 2.57. The van der Waals surface area contributed by atoms with Crippen molar-refractivity contribution in [2.24, 2.45) is 5.92 Å². The Balaban J connectivity index is 2.12. The van der Waals surface area contributed by atoms with Crippen LogP contribution in [0.3, 0.4) is 0 Å². The topological polar surface area (TPSA) is 0 Å². The van der Waals surface area contributed by atoms with Gasteiger partial charge in [-0.2, -0.15) is 0 Å². The zero-order valence-corrected chi connectivity index (χ0v) is 9.11. The summed E-state index contributed by atoms with van der Waals surface area (Å²) in [5.41, 5.74) is 6.09. The Morgan fingerprint density at radius 2 is 1.31 bits per heavy atom. The normalized spacial score (nSPS) is 22.9. The van der Waals surface area contributed by atoms with Gasteiger partial charge >= 0.3 is 0 Å². The van der Waals surface area contributed by atoms with Crippen molar-refractivity contribution in [3.8, 4) is 11.1 Å². The van der Waals surface area contributed by atoms with Gasteiger partial charge in [0.1, 0.15) is 0 Å². The van der Waals surface area contributed by atoms with Crippen molar-refractivity contribution in [3.63, 3.8) is 0 Å². The van der Waals surface area contributed by atoms with Gasteiger partial charge in [-0.05, 0) is 41.5 Å². The lowest BCUT2D eigenvalue weighted by Gasteiger charge is -2.11. The first-order chi connectivity index (χ1) is 7.84. The molecule has 1 unspecified atom stereocenters. The summed E-state index contributed by atoms with van der Waals surface area (Å²) in [6, 6.07) is 17.6. The van der Waals surface area contributed by atoms with E-state index in [9.17, 15) is 0 Å². The highest BCUT2D eigenvalue weighted by atomic mass is 14.6. The molecule has 2 aromatic rings. The fourth-order valence-electron chi connectivity index (χ4n) is 3.35. The molecule has 2 aliphatic carbocycles. The standard InChI is InChI=1S/C16H13/c1-11-10-16(11)14-8-4-2-6-12(14)13-7-3-5-9-15(13)16/h2-9,11H,1,10H2. The molecule has 4 rings (SSSR count). The van der Waals surface area contributed by atoms with Crippen LogP contribution in [0.25, 0.3) is 11.1 Å². The van der Waals surface area contributed by atoms with Crippen LogP contribution in [0.2, 0.25) is 0 Å². The van der Waals surface area contributed by atoms with E-state index in [1.54, 1.807) is 0 Å². The van der Waals surface area contributed by atoms with E-state index in [4.69, 9.17) is 0 Å². The summed E-state index contributed by atoms with van der Waals surface area (Å²) in [5, 5.41) is 0. The minimum Gasteiger partial charge on any atom is -0.0619 e. The van der Waals surface area contributed by atoms with E-state index in [1.165, 1.54) is 28.7 Å². The fraction of sp³-hybridized carbons (Fsp3) is 0.188. The van der Waals surface area contributed by atoms with Crippen molar-refractivity contribution in [2.75, 3.05) is 0 Å². The second-order valence-corrected chi connectivity index (χ2v) is 4.96. The molecular formula is C16H13. The second-order valence-electron chi connectivity index (χ2n) is 4.96. The molecule has 0 N–H and O–H groups in total. The molecular weight excluding hydrogens is 192 g/mol. The van der Waals surface area contributed by atoms with Gasteiger partial charge in [0.05, 0.1) is 0 Å². The first-order valence-corrected chi connectivity index (χ1v) is 5.86. The largest absolute Gasteiger partial charge is 0.0619 e. The van der Waals surface area contributed by atoms with Crippen molar-refractivity contribution < 1.29 is 0 Å². The van der Waals surface area contributed by atoms with Crippen LogP contribution in [0.15, 0.2) is 48.5 Å². The molecule has 0 heterocycles. The lowest BCUT2D eigenvalue weighted by Crippen LogP contribution is -2.06. The first kappa shape index (κ1) is 8.58. The van der Waals surface area contributed by atoms with E-state index in [2.05, 4.69) is 55.5 Å². The molecule has 2 aromatic carbocycles. The summed E-state index contributed by atoms with van der Waals surface area (Å²) in [6.07, 6.45) is 1.21. The molecule has 0 bridgehead atoms. The number of fused-ring (bicyclic) bond motifs is 5. The van der Waals surface area contributed by atoms with Crippen LogP contribution >= 0.6 is 0 Å². The molecule has 77 valence electrons. The third kappa shape index (κ3) is 0.788. The van der Waals surface area contributed by atoms with E-state index in [0.29, 0.717) is 5.92 Å². The predicted octanol–water partition coefficient (Wildman–Crippen LogP) is 3.81. The summed E-state index contributed by atoms with van der Waals surface area (Å²) in [6.45, 7) is 4.28. The average molecular weight is 205 g/mol. The molecule has 0 aromatic heterocycles. The van der Waals surface area contributed by atoms with Gasteiger partial charge in [0.2, 0.25) is 0 Å². The van der Waals surface area contributed by atoms with Crippen LogP contribution in [0.5, 0.6) is 0 Å². The van der Waals surface area contributed by atoms with Crippen molar-refractivity contribution in [3.05, 3.63) is 66.6 Å². The average Bonchev–Trinajstić information content (AvgIpc) is 2.93. The summed E-state index contributed by atoms with van der Waals surface area (Å²) in [4.78, 5) is 0. The zero-order valence-electron chi connectivity index (χ0n) is 9.11. The maximum absolute atomic E-state index is 4.28. The Bertz CT molecular complexity index is 535. The third-order valence-corrected chi connectivity index (χ3v) is 4.21. The highest BCUT2D eigenvalue weighted by Crippen LogP contribution is 2.65. The van der Waals surface area contributed by atoms with E-state index in [0.717, 1.165) is 0 Å². The van der Waals surface area contributed by atoms with E-state index >= 15 is 0 Å². The van der Waals surface area contributed by atoms with Crippen molar-refractivity contribution >= 4 is 0 Å². The first-order valence-electron chi connectivity index (χ1n) is 5.86. The van der Waals surface area contributed by atoms with Crippen LogP contribution < -0.4 is 0 Å². The van der Waals surface area contributed by atoms with Gasteiger partial charge < -0.3 is 0 Å². The molecule has 0 aliphatic heterocycles. The Hall–Kier alpha value is -1.56. The van der Waals surface area contributed by atoms with Crippen LogP contribution in [-0.2, 0) is 5.41 Å². The van der Waals surface area contributed by atoms with Gasteiger partial charge in [0.15, 0.2) is 0 Å². The molecule has 0 saturated heterocycles. The van der Waals surface area contributed by atoms with Crippen LogP contribution in [0.1, 0.15) is 17.5 Å².